The maximum Gasteiger partial charge on any atom is 0.246 e. The second kappa shape index (κ2) is 7.79. The largest absolute Gasteiger partial charge is 0.346 e. The van der Waals surface area contributed by atoms with E-state index in [0.717, 1.165) is 40.5 Å². The minimum absolute atomic E-state index is 0.0283. The summed E-state index contributed by atoms with van der Waals surface area (Å²) in [5.74, 6) is -1.70. The lowest BCUT2D eigenvalue weighted by atomic mass is 10.1. The van der Waals surface area contributed by atoms with Crippen molar-refractivity contribution in [1.29, 1.82) is 0 Å². The zero-order valence-corrected chi connectivity index (χ0v) is 18.1. The van der Waals surface area contributed by atoms with Gasteiger partial charge in [-0.25, -0.2) is 22.2 Å². The summed E-state index contributed by atoms with van der Waals surface area (Å²) in [6.45, 7) is 2.62. The molecule has 1 fully saturated rings. The molecule has 7 nitrogen and oxygen atoms in total. The summed E-state index contributed by atoms with van der Waals surface area (Å²) in [7, 11) is -4.14. The predicted molar refractivity (Wildman–Crippen MR) is 115 cm³/mol. The fourth-order valence-corrected chi connectivity index (χ4v) is 6.24. The van der Waals surface area contributed by atoms with Crippen LogP contribution in [-0.2, 0) is 16.6 Å². The van der Waals surface area contributed by atoms with Crippen LogP contribution >= 0.6 is 0 Å². The minimum atomic E-state index is -4.14. The summed E-state index contributed by atoms with van der Waals surface area (Å²) >= 11 is 0. The highest BCUT2D eigenvalue weighted by Crippen LogP contribution is 2.32. The van der Waals surface area contributed by atoms with Gasteiger partial charge in [-0.3, -0.25) is 5.10 Å². The van der Waals surface area contributed by atoms with E-state index in [0.29, 0.717) is 13.0 Å². The lowest BCUT2D eigenvalue weighted by molar-refractivity contribution is 0.396. The van der Waals surface area contributed by atoms with Crippen LogP contribution in [-0.4, -0.2) is 45.1 Å². The molecule has 1 aromatic carbocycles. The minimum Gasteiger partial charge on any atom is -0.346 e. The number of hydrogen-bond acceptors (Lipinski definition) is 4. The van der Waals surface area contributed by atoms with Gasteiger partial charge in [-0.05, 0) is 55.7 Å². The van der Waals surface area contributed by atoms with Crippen molar-refractivity contribution in [2.45, 2.75) is 30.8 Å². The first-order valence-electron chi connectivity index (χ1n) is 10.2. The van der Waals surface area contributed by atoms with Crippen LogP contribution in [0.3, 0.4) is 0 Å². The number of nitrogens with zero attached hydrogens (tertiary/aromatic N) is 4. The lowest BCUT2D eigenvalue weighted by Crippen LogP contribution is -2.34. The van der Waals surface area contributed by atoms with Gasteiger partial charge in [0.05, 0.1) is 22.9 Å². The third-order valence-electron chi connectivity index (χ3n) is 5.96. The molecule has 0 radical (unpaired) electrons. The van der Waals surface area contributed by atoms with E-state index < -0.39 is 26.6 Å². The van der Waals surface area contributed by atoms with Crippen LogP contribution in [0.4, 0.5) is 8.78 Å². The van der Waals surface area contributed by atoms with Crippen LogP contribution in [0.1, 0.15) is 13.3 Å². The summed E-state index contributed by atoms with van der Waals surface area (Å²) in [5.41, 5.74) is 3.49. The Labute approximate surface area is 183 Å². The number of aromatic amines is 1. The van der Waals surface area contributed by atoms with Crippen molar-refractivity contribution in [2.75, 3.05) is 6.54 Å². The normalized spacial score (nSPS) is 19.7. The molecule has 1 aliphatic heterocycles. The molecule has 10 heteroatoms. The Hall–Kier alpha value is -3.11. The molecule has 0 amide bonds. The van der Waals surface area contributed by atoms with Gasteiger partial charge < -0.3 is 4.57 Å². The van der Waals surface area contributed by atoms with Gasteiger partial charge in [-0.15, -0.1) is 0 Å². The third-order valence-corrected chi connectivity index (χ3v) is 7.95. The Morgan fingerprint density at radius 3 is 2.81 bits per heavy atom. The van der Waals surface area contributed by atoms with Gasteiger partial charge >= 0.3 is 0 Å². The Morgan fingerprint density at radius 2 is 2.03 bits per heavy atom. The average molecular weight is 458 g/mol. The van der Waals surface area contributed by atoms with Gasteiger partial charge in [-0.2, -0.15) is 9.40 Å². The zero-order chi connectivity index (χ0) is 22.5. The van der Waals surface area contributed by atoms with E-state index in [1.54, 1.807) is 19.3 Å². The van der Waals surface area contributed by atoms with E-state index in [9.17, 15) is 17.2 Å². The number of rotatable bonds is 5. The Morgan fingerprint density at radius 1 is 1.19 bits per heavy atom. The van der Waals surface area contributed by atoms with E-state index in [2.05, 4.69) is 19.7 Å². The summed E-state index contributed by atoms with van der Waals surface area (Å²) < 4.78 is 57.1. The topological polar surface area (TPSA) is 83.9 Å². The molecule has 4 aromatic rings. The number of H-pyrrole nitrogens is 1. The predicted octanol–water partition coefficient (Wildman–Crippen LogP) is 3.80. The molecular formula is C22H21F2N5O2S. The fraction of sp³-hybridized carbons (Fsp3) is 0.273. The van der Waals surface area contributed by atoms with Crippen molar-refractivity contribution in [3.63, 3.8) is 0 Å². The maximum absolute atomic E-state index is 14.2. The number of nitrogens with one attached hydrogen (secondary N) is 1. The summed E-state index contributed by atoms with van der Waals surface area (Å²) in [6, 6.07) is 8.01. The average Bonchev–Trinajstić information content (AvgIpc) is 3.50. The summed E-state index contributed by atoms with van der Waals surface area (Å²) in [4.78, 5) is 4.06. The van der Waals surface area contributed by atoms with Crippen LogP contribution in [0.5, 0.6) is 0 Å². The molecule has 1 aliphatic rings. The second-order valence-corrected chi connectivity index (χ2v) is 10.0. The first-order valence-corrected chi connectivity index (χ1v) is 11.7. The number of benzene rings is 1. The number of halogens is 2. The van der Waals surface area contributed by atoms with Crippen LogP contribution in [0, 0.1) is 17.6 Å². The smallest absolute Gasteiger partial charge is 0.246 e. The van der Waals surface area contributed by atoms with Gasteiger partial charge in [0.15, 0.2) is 0 Å². The molecule has 32 heavy (non-hydrogen) atoms. The number of fused-ring (bicyclic) bond motifs is 1. The Bertz CT molecular complexity index is 1380. The molecule has 1 N–H and O–H groups in total. The monoisotopic (exact) mass is 457 g/mol. The molecule has 3 aromatic heterocycles. The van der Waals surface area contributed by atoms with Crippen molar-refractivity contribution in [2.24, 2.45) is 5.92 Å². The highest BCUT2D eigenvalue weighted by Gasteiger charge is 2.39. The van der Waals surface area contributed by atoms with Gasteiger partial charge in [0, 0.05) is 37.1 Å². The molecule has 5 rings (SSSR count). The van der Waals surface area contributed by atoms with Gasteiger partial charge in [0.2, 0.25) is 10.0 Å². The molecule has 166 valence electrons. The van der Waals surface area contributed by atoms with E-state index in [-0.39, 0.29) is 18.5 Å². The highest BCUT2D eigenvalue weighted by molar-refractivity contribution is 7.89. The quantitative estimate of drug-likeness (QED) is 0.494. The Balaban J connectivity index is 1.37. The summed E-state index contributed by atoms with van der Waals surface area (Å²) in [6.07, 6.45) is 6.05. The molecule has 0 aliphatic carbocycles. The molecular weight excluding hydrogens is 436 g/mol. The van der Waals surface area contributed by atoms with Crippen molar-refractivity contribution >= 4 is 21.1 Å². The molecule has 1 unspecified atom stereocenters. The number of pyridine rings is 1. The molecule has 2 atom stereocenters. The van der Waals surface area contributed by atoms with Crippen LogP contribution < -0.4 is 0 Å². The van der Waals surface area contributed by atoms with Crippen LogP contribution in [0.25, 0.3) is 22.3 Å². The van der Waals surface area contributed by atoms with E-state index in [1.165, 1.54) is 4.31 Å². The first kappa shape index (κ1) is 20.8. The van der Waals surface area contributed by atoms with Crippen LogP contribution in [0.2, 0.25) is 0 Å². The second-order valence-electron chi connectivity index (χ2n) is 8.16. The summed E-state index contributed by atoms with van der Waals surface area (Å²) in [5, 5.41) is 6.73. The highest BCUT2D eigenvalue weighted by atomic mass is 32.2. The SMILES string of the molecule is C[C@@H]1CC(Cn2ccc3nc(-c4cn[nH]c4)ccc32)CN1S(=O)(=O)c1cc(F)ccc1F. The standard InChI is InChI=1S/C22H21F2N5O2S/c1-14-8-15(13-29(14)32(30,31)22-9-17(23)2-3-18(22)24)12-28-7-6-20-21(28)5-4-19(27-20)16-10-25-26-11-16/h2-7,9-11,14-15H,8,12-13H2,1H3,(H,25,26)/t14-,15?/m1/s1. The molecule has 0 spiro atoms. The van der Waals surface area contributed by atoms with Gasteiger partial charge in [-0.1, -0.05) is 0 Å². The molecule has 0 bridgehead atoms. The maximum atomic E-state index is 14.2. The molecule has 1 saturated heterocycles. The van der Waals surface area contributed by atoms with E-state index in [1.807, 2.05) is 24.4 Å². The zero-order valence-electron chi connectivity index (χ0n) is 17.2. The van der Waals surface area contributed by atoms with Crippen molar-refractivity contribution in [1.82, 2.24) is 24.1 Å². The molecule has 4 heterocycles. The third kappa shape index (κ3) is 3.59. The van der Waals surface area contributed by atoms with Gasteiger partial charge in [0.25, 0.3) is 0 Å². The number of hydrogen-bond donors (Lipinski definition) is 1. The molecule has 0 saturated carbocycles. The Kier molecular flexibility index (Phi) is 5.06. The van der Waals surface area contributed by atoms with Crippen molar-refractivity contribution in [3.8, 4) is 11.3 Å². The van der Waals surface area contributed by atoms with Crippen LogP contribution in [0.15, 0.2) is 59.9 Å². The van der Waals surface area contributed by atoms with Crippen molar-refractivity contribution < 1.29 is 17.2 Å². The first-order chi connectivity index (χ1) is 15.3. The number of sulfonamides is 1. The van der Waals surface area contributed by atoms with E-state index >= 15 is 0 Å². The van der Waals surface area contributed by atoms with Crippen molar-refractivity contribution in [3.05, 3.63) is 66.6 Å². The fourth-order valence-electron chi connectivity index (χ4n) is 4.44. The lowest BCUT2D eigenvalue weighted by Gasteiger charge is -2.21. The van der Waals surface area contributed by atoms with E-state index in [4.69, 9.17) is 0 Å². The van der Waals surface area contributed by atoms with Gasteiger partial charge in [0.1, 0.15) is 16.5 Å². The number of aromatic nitrogens is 4.